The highest BCUT2D eigenvalue weighted by atomic mass is 16.4. The van der Waals surface area contributed by atoms with E-state index in [4.69, 9.17) is 10.5 Å². The van der Waals surface area contributed by atoms with Crippen LogP contribution < -0.4 is 16.5 Å². The normalized spacial score (nSPS) is 9.91. The molecule has 0 aliphatic carbocycles. The average Bonchev–Trinajstić information content (AvgIpc) is 2.54. The molecule has 0 radical (unpaired) electrons. The van der Waals surface area contributed by atoms with E-state index < -0.39 is 11.9 Å². The summed E-state index contributed by atoms with van der Waals surface area (Å²) in [6.07, 6.45) is 3.86. The van der Waals surface area contributed by atoms with Crippen LogP contribution in [0, 0.1) is 5.41 Å². The molecule has 1 amide bonds. The van der Waals surface area contributed by atoms with Gasteiger partial charge in [0.25, 0.3) is 5.91 Å². The van der Waals surface area contributed by atoms with Gasteiger partial charge in [0.1, 0.15) is 5.49 Å². The summed E-state index contributed by atoms with van der Waals surface area (Å²) in [5.74, 6) is -1.78. The Morgan fingerprint density at radius 3 is 2.48 bits per heavy atom. The van der Waals surface area contributed by atoms with Gasteiger partial charge in [-0.2, -0.15) is 0 Å². The second-order valence-corrected chi connectivity index (χ2v) is 3.90. The number of pyridine rings is 1. The first-order valence-electron chi connectivity index (χ1n) is 6.26. The highest BCUT2D eigenvalue weighted by Crippen LogP contribution is 2.02. The van der Waals surface area contributed by atoms with Gasteiger partial charge in [-0.1, -0.05) is 19.2 Å². The zero-order chi connectivity index (χ0) is 18.0. The third kappa shape index (κ3) is 5.94. The van der Waals surface area contributed by atoms with Crippen molar-refractivity contribution in [3.63, 3.8) is 0 Å². The number of carboxylic acid groups (broad SMARTS) is 1. The first kappa shape index (κ1) is 19.7. The summed E-state index contributed by atoms with van der Waals surface area (Å²) in [7, 11) is 1.50. The molecule has 1 rings (SSSR count). The molecule has 0 unspecified atom stereocenters. The van der Waals surface area contributed by atoms with Gasteiger partial charge in [0.05, 0.1) is 11.1 Å². The van der Waals surface area contributed by atoms with Gasteiger partial charge in [0.15, 0.2) is 0 Å². The van der Waals surface area contributed by atoms with Crippen molar-refractivity contribution < 1.29 is 19.5 Å². The second-order valence-electron chi connectivity index (χ2n) is 3.90. The topological polar surface area (TPSA) is 138 Å². The fourth-order valence-corrected chi connectivity index (χ4v) is 1.39. The molecule has 0 saturated heterocycles. The largest absolute Gasteiger partial charge is 0.478 e. The number of hydrogen-bond donors (Lipinski definition) is 4. The van der Waals surface area contributed by atoms with Crippen molar-refractivity contribution in [2.45, 2.75) is 0 Å². The lowest BCUT2D eigenvalue weighted by Gasteiger charge is -2.06. The van der Waals surface area contributed by atoms with Crippen molar-refractivity contribution in [1.82, 2.24) is 9.88 Å². The lowest BCUT2D eigenvalue weighted by Crippen LogP contribution is -2.25. The predicted molar refractivity (Wildman–Crippen MR) is 85.1 cm³/mol. The number of allylic oxidation sites excluding steroid dienone is 1. The van der Waals surface area contributed by atoms with E-state index in [0.717, 1.165) is 16.7 Å². The van der Waals surface area contributed by atoms with Crippen LogP contribution in [0.3, 0.4) is 0 Å². The number of hydrogen-bond acceptors (Lipinski definition) is 5. The van der Waals surface area contributed by atoms with Crippen molar-refractivity contribution in [1.29, 1.82) is 5.41 Å². The van der Waals surface area contributed by atoms with E-state index in [1.54, 1.807) is 0 Å². The van der Waals surface area contributed by atoms with Crippen LogP contribution in [0.5, 0.6) is 0 Å². The molecule has 1 aromatic heterocycles. The van der Waals surface area contributed by atoms with Crippen LogP contribution in [0.1, 0.15) is 10.4 Å². The number of nitrogens with two attached hydrogens (primary N) is 1. The molecule has 1 heterocycles. The zero-order valence-corrected chi connectivity index (χ0v) is 12.6. The number of amides is 1. The second kappa shape index (κ2) is 9.64. The van der Waals surface area contributed by atoms with E-state index in [1.165, 1.54) is 25.4 Å². The summed E-state index contributed by atoms with van der Waals surface area (Å²) in [6.45, 7) is 6.86. The maximum Gasteiger partial charge on any atom is 0.335 e. The van der Waals surface area contributed by atoms with Crippen LogP contribution in [0.4, 0.5) is 0 Å². The Bertz CT molecular complexity index is 716. The maximum atomic E-state index is 11.9. The van der Waals surface area contributed by atoms with Gasteiger partial charge in [-0.25, -0.2) is 4.79 Å². The van der Waals surface area contributed by atoms with Crippen LogP contribution in [-0.4, -0.2) is 35.0 Å². The van der Waals surface area contributed by atoms with E-state index in [2.05, 4.69) is 24.2 Å². The van der Waals surface area contributed by atoms with Crippen molar-refractivity contribution in [3.05, 3.63) is 66.0 Å². The summed E-state index contributed by atoms with van der Waals surface area (Å²) >= 11 is 0. The molecule has 8 heteroatoms. The zero-order valence-electron chi connectivity index (χ0n) is 12.6. The third-order valence-electron chi connectivity index (χ3n) is 2.42. The van der Waals surface area contributed by atoms with Crippen LogP contribution in [0.2, 0.25) is 0 Å². The quantitative estimate of drug-likeness (QED) is 0.333. The lowest BCUT2D eigenvalue weighted by molar-refractivity contribution is -0.132. The summed E-state index contributed by atoms with van der Waals surface area (Å²) in [5.41, 5.74) is 4.50. The molecule has 0 aliphatic rings. The van der Waals surface area contributed by atoms with E-state index in [-0.39, 0.29) is 22.3 Å². The van der Waals surface area contributed by atoms with Crippen molar-refractivity contribution in [3.8, 4) is 0 Å². The molecular formula is C15H18N4O4. The Kier molecular flexibility index (Phi) is 8.27. The smallest absolute Gasteiger partial charge is 0.335 e. The minimum Gasteiger partial charge on any atom is -0.478 e. The monoisotopic (exact) mass is 318 g/mol. The number of aliphatic carboxylic acids is 1. The minimum atomic E-state index is -1.20. The van der Waals surface area contributed by atoms with E-state index >= 15 is 0 Å². The Balaban J connectivity index is 0.00000232. The van der Waals surface area contributed by atoms with Gasteiger partial charge in [0, 0.05) is 11.9 Å². The molecule has 122 valence electrons. The van der Waals surface area contributed by atoms with E-state index in [9.17, 15) is 14.4 Å². The van der Waals surface area contributed by atoms with Crippen molar-refractivity contribution in [2.24, 2.45) is 5.73 Å². The Morgan fingerprint density at radius 2 is 2.00 bits per heavy atom. The van der Waals surface area contributed by atoms with Gasteiger partial charge in [-0.15, -0.1) is 0 Å². The standard InChI is InChI=1S/C14H13N3O4.CH5N/c1-3-10(14(20)21)6-9(2)16-13(19)11-4-5-12(15)17(7-11)8-18;1-2/h3-8,15H,1-2H2,(H,16,19)(H,20,21);2H2,1H3/b10-6+,15-12?;. The Morgan fingerprint density at radius 1 is 1.39 bits per heavy atom. The minimum absolute atomic E-state index is 0.0601. The average molecular weight is 318 g/mol. The number of aromatic nitrogens is 1. The van der Waals surface area contributed by atoms with Crippen LogP contribution in [0.25, 0.3) is 0 Å². The molecule has 8 nitrogen and oxygen atoms in total. The number of carbonyl (C=O) groups is 3. The van der Waals surface area contributed by atoms with E-state index in [1.807, 2.05) is 0 Å². The summed E-state index contributed by atoms with van der Waals surface area (Å²) in [4.78, 5) is 33.4. The molecule has 0 spiro atoms. The van der Waals surface area contributed by atoms with Gasteiger partial charge < -0.3 is 16.2 Å². The first-order chi connectivity index (χ1) is 10.9. The molecule has 0 saturated carbocycles. The van der Waals surface area contributed by atoms with Crippen LogP contribution in [-0.2, 0) is 9.59 Å². The molecular weight excluding hydrogens is 300 g/mol. The Labute approximate surface area is 132 Å². The van der Waals surface area contributed by atoms with E-state index in [0.29, 0.717) is 6.41 Å². The van der Waals surface area contributed by atoms with Crippen LogP contribution >= 0.6 is 0 Å². The van der Waals surface area contributed by atoms with Gasteiger partial charge in [-0.3, -0.25) is 19.6 Å². The number of carboxylic acids is 1. The summed E-state index contributed by atoms with van der Waals surface area (Å²) in [5, 5.41) is 18.6. The van der Waals surface area contributed by atoms with Crippen LogP contribution in [0.15, 0.2) is 54.9 Å². The molecule has 23 heavy (non-hydrogen) atoms. The predicted octanol–water partition coefficient (Wildman–Crippen LogP) is 0.0213. The number of rotatable bonds is 6. The highest BCUT2D eigenvalue weighted by molar-refractivity contribution is 5.96. The fourth-order valence-electron chi connectivity index (χ4n) is 1.39. The number of nitrogens with one attached hydrogen (secondary N) is 2. The molecule has 5 N–H and O–H groups in total. The molecule has 0 fully saturated rings. The fraction of sp³-hybridized carbons (Fsp3) is 0.0667. The highest BCUT2D eigenvalue weighted by Gasteiger charge is 2.09. The SMILES string of the molecule is C=C/C(=C\C(=C)NC(=O)c1ccc(=N)n(C=O)c1)C(=O)O.CN. The van der Waals surface area contributed by atoms with Crippen molar-refractivity contribution in [2.75, 3.05) is 7.05 Å². The summed E-state index contributed by atoms with van der Waals surface area (Å²) in [6, 6.07) is 2.65. The maximum absolute atomic E-state index is 11.9. The third-order valence-corrected chi connectivity index (χ3v) is 2.42. The van der Waals surface area contributed by atoms with Gasteiger partial charge in [0.2, 0.25) is 6.41 Å². The molecule has 0 atom stereocenters. The molecule has 0 bridgehead atoms. The summed E-state index contributed by atoms with van der Waals surface area (Å²) < 4.78 is 0.930. The first-order valence-corrected chi connectivity index (χ1v) is 6.26. The van der Waals surface area contributed by atoms with Crippen molar-refractivity contribution >= 4 is 18.3 Å². The molecule has 0 aromatic carbocycles. The lowest BCUT2D eigenvalue weighted by atomic mass is 10.2. The number of nitrogens with zero attached hydrogens (tertiary/aromatic N) is 1. The molecule has 0 aliphatic heterocycles. The Hall–Kier alpha value is -3.26. The number of carbonyl (C=O) groups excluding carboxylic acids is 2. The van der Waals surface area contributed by atoms with Gasteiger partial charge >= 0.3 is 5.97 Å². The van der Waals surface area contributed by atoms with Gasteiger partial charge in [-0.05, 0) is 25.3 Å². The molecule has 1 aromatic rings.